The number of hydrogen-bond donors (Lipinski definition) is 8. The van der Waals surface area contributed by atoms with Gasteiger partial charge in [0.2, 0.25) is 0 Å². The SMILES string of the molecule is O=C1CN(c2ccc(CCCNC(=O)NC3CCCCC3)cc2O)S(=O)(=O)N1.O=C1CN(c2ccc(CCCNC(=O)Nc3ccccc3)cc2O)S(=O)(=O)N1. The van der Waals surface area contributed by atoms with Crippen LogP contribution in [0.2, 0.25) is 0 Å². The maximum atomic E-state index is 11.9. The summed E-state index contributed by atoms with van der Waals surface area (Å²) in [7, 11) is -7.91. The second-order valence-corrected chi connectivity index (χ2v) is 16.6. The molecule has 3 aromatic rings. The molecular formula is C36H46N8O10S2. The Kier molecular flexibility index (Phi) is 13.8. The van der Waals surface area contributed by atoms with Crippen LogP contribution in [0.15, 0.2) is 66.7 Å². The number of para-hydroxylation sites is 1. The van der Waals surface area contributed by atoms with E-state index >= 15 is 0 Å². The van der Waals surface area contributed by atoms with Crippen molar-refractivity contribution in [2.45, 2.75) is 63.8 Å². The molecule has 2 heterocycles. The Bertz CT molecular complexity index is 2110. The van der Waals surface area contributed by atoms with Gasteiger partial charge in [-0.3, -0.25) is 9.59 Å². The predicted molar refractivity (Wildman–Crippen MR) is 209 cm³/mol. The number of benzene rings is 3. The van der Waals surface area contributed by atoms with Gasteiger partial charge in [-0.25, -0.2) is 27.6 Å². The van der Waals surface area contributed by atoms with Crippen LogP contribution in [0.5, 0.6) is 11.5 Å². The van der Waals surface area contributed by atoms with Crippen LogP contribution in [0, 0.1) is 0 Å². The lowest BCUT2D eigenvalue weighted by molar-refractivity contribution is -0.118. The van der Waals surface area contributed by atoms with Gasteiger partial charge >= 0.3 is 32.5 Å². The van der Waals surface area contributed by atoms with Crippen LogP contribution in [-0.4, -0.2) is 83.1 Å². The topological polar surface area (TPSA) is 256 Å². The van der Waals surface area contributed by atoms with E-state index in [2.05, 4.69) is 21.3 Å². The van der Waals surface area contributed by atoms with Crippen molar-refractivity contribution in [2.24, 2.45) is 0 Å². The maximum absolute atomic E-state index is 11.9. The molecule has 2 saturated heterocycles. The fourth-order valence-electron chi connectivity index (χ4n) is 6.36. The molecule has 20 heteroatoms. The highest BCUT2D eigenvalue weighted by atomic mass is 32.2. The third-order valence-corrected chi connectivity index (χ3v) is 11.9. The van der Waals surface area contributed by atoms with E-state index < -0.39 is 32.2 Å². The van der Waals surface area contributed by atoms with E-state index in [4.69, 9.17) is 0 Å². The highest BCUT2D eigenvalue weighted by molar-refractivity contribution is 7.92. The molecule has 0 bridgehead atoms. The summed E-state index contributed by atoms with van der Waals surface area (Å²) in [4.78, 5) is 46.3. The first-order chi connectivity index (χ1) is 26.7. The van der Waals surface area contributed by atoms with Gasteiger partial charge in [0.25, 0.3) is 11.8 Å². The molecule has 1 saturated carbocycles. The molecule has 18 nitrogen and oxygen atoms in total. The molecule has 3 fully saturated rings. The standard InChI is InChI=1S/C18H26N4O5S.C18H20N4O5S/c2*23-16-11-13(8-9-15(16)22-12-17(24)21-28(22,26)27)5-4-10-19-18(25)20-14-6-2-1-3-7-14/h8-9,11,14,23H,1-7,10,12H2,(H,21,24)(H2,19,20,25);1-3,6-9,11,23H,4-5,10,12H2,(H,21,24)(H2,19,20,25). The fraction of sp³-hybridized carbons (Fsp3) is 0.389. The van der Waals surface area contributed by atoms with Crippen molar-refractivity contribution >= 4 is 61.4 Å². The predicted octanol–water partition coefficient (Wildman–Crippen LogP) is 2.47. The van der Waals surface area contributed by atoms with Crippen molar-refractivity contribution in [3.63, 3.8) is 0 Å². The maximum Gasteiger partial charge on any atom is 0.326 e. The summed E-state index contributed by atoms with van der Waals surface area (Å²) < 4.78 is 52.8. The van der Waals surface area contributed by atoms with Crippen LogP contribution in [-0.2, 0) is 42.8 Å². The van der Waals surface area contributed by atoms with Crippen LogP contribution in [0.4, 0.5) is 26.7 Å². The van der Waals surface area contributed by atoms with E-state index in [0.29, 0.717) is 44.5 Å². The van der Waals surface area contributed by atoms with Crippen molar-refractivity contribution in [1.82, 2.24) is 25.4 Å². The monoisotopic (exact) mass is 814 g/mol. The molecule has 6 amide bonds. The van der Waals surface area contributed by atoms with Crippen molar-refractivity contribution in [3.05, 3.63) is 77.9 Å². The third kappa shape index (κ3) is 11.6. The number of phenolic OH excluding ortho intramolecular Hbond substituents is 2. The van der Waals surface area contributed by atoms with Crippen LogP contribution in [0.3, 0.4) is 0 Å². The van der Waals surface area contributed by atoms with Gasteiger partial charge in [-0.05, 0) is 86.1 Å². The molecule has 0 unspecified atom stereocenters. The molecule has 0 aromatic heterocycles. The molecule has 3 aromatic carbocycles. The summed E-state index contributed by atoms with van der Waals surface area (Å²) in [6, 6.07) is 18.1. The van der Waals surface area contributed by atoms with E-state index in [1.807, 2.05) is 27.6 Å². The average molecular weight is 815 g/mol. The van der Waals surface area contributed by atoms with Crippen molar-refractivity contribution in [3.8, 4) is 11.5 Å². The van der Waals surface area contributed by atoms with Gasteiger partial charge in [0.05, 0.1) is 11.4 Å². The highest BCUT2D eigenvalue weighted by Crippen LogP contribution is 2.33. The Morgan fingerprint density at radius 2 is 1.16 bits per heavy atom. The van der Waals surface area contributed by atoms with Crippen molar-refractivity contribution in [1.29, 1.82) is 0 Å². The first-order valence-corrected chi connectivity index (χ1v) is 21.0. The normalized spacial score (nSPS) is 17.2. The van der Waals surface area contributed by atoms with E-state index in [1.165, 1.54) is 30.7 Å². The Morgan fingerprint density at radius 3 is 1.61 bits per heavy atom. The van der Waals surface area contributed by atoms with Gasteiger partial charge in [-0.1, -0.05) is 49.6 Å². The average Bonchev–Trinajstić information content (AvgIpc) is 3.59. The second kappa shape index (κ2) is 18.7. The first-order valence-electron chi connectivity index (χ1n) is 18.1. The zero-order valence-corrected chi connectivity index (χ0v) is 32.1. The molecule has 8 N–H and O–H groups in total. The zero-order valence-electron chi connectivity index (χ0n) is 30.5. The number of nitrogens with one attached hydrogen (secondary N) is 6. The van der Waals surface area contributed by atoms with E-state index in [1.54, 1.807) is 24.3 Å². The largest absolute Gasteiger partial charge is 0.506 e. The number of nitrogens with zero attached hydrogens (tertiary/aromatic N) is 2. The van der Waals surface area contributed by atoms with Gasteiger partial charge < -0.3 is 31.5 Å². The molecule has 0 atom stereocenters. The zero-order chi connectivity index (χ0) is 40.3. The molecular weight excluding hydrogens is 769 g/mol. The number of phenols is 2. The number of hydrogen-bond acceptors (Lipinski definition) is 10. The molecule has 2 aliphatic heterocycles. The molecule has 3 aliphatic rings. The van der Waals surface area contributed by atoms with Gasteiger partial charge in [-0.2, -0.15) is 16.8 Å². The smallest absolute Gasteiger partial charge is 0.326 e. The molecule has 1 aliphatic carbocycles. The lowest BCUT2D eigenvalue weighted by Crippen LogP contribution is -2.43. The Labute approximate surface area is 325 Å². The second-order valence-electron chi connectivity index (χ2n) is 13.4. The van der Waals surface area contributed by atoms with Gasteiger partial charge in [-0.15, -0.1) is 0 Å². The van der Waals surface area contributed by atoms with Crippen molar-refractivity contribution < 1.29 is 46.2 Å². The molecule has 302 valence electrons. The van der Waals surface area contributed by atoms with Crippen LogP contribution in [0.1, 0.15) is 56.1 Å². The van der Waals surface area contributed by atoms with Crippen LogP contribution < -0.4 is 39.3 Å². The summed E-state index contributed by atoms with van der Waals surface area (Å²) in [6.07, 6.45) is 8.12. The first kappa shape index (κ1) is 41.4. The number of amides is 6. The summed E-state index contributed by atoms with van der Waals surface area (Å²) in [5, 5.41) is 31.6. The van der Waals surface area contributed by atoms with Crippen molar-refractivity contribution in [2.75, 3.05) is 40.1 Å². The molecule has 56 heavy (non-hydrogen) atoms. The van der Waals surface area contributed by atoms with Crippen LogP contribution >= 0.6 is 0 Å². The number of anilines is 3. The number of aromatic hydroxyl groups is 2. The Morgan fingerprint density at radius 1 is 0.679 bits per heavy atom. The molecule has 6 rings (SSSR count). The summed E-state index contributed by atoms with van der Waals surface area (Å²) in [6.45, 7) is 0.213. The highest BCUT2D eigenvalue weighted by Gasteiger charge is 2.36. The lowest BCUT2D eigenvalue weighted by atomic mass is 9.96. The van der Waals surface area contributed by atoms with E-state index in [9.17, 15) is 46.2 Å². The number of aryl methyl sites for hydroxylation is 2. The minimum absolute atomic E-state index is 0.0439. The summed E-state index contributed by atoms with van der Waals surface area (Å²) >= 11 is 0. The summed E-state index contributed by atoms with van der Waals surface area (Å²) in [5.74, 6) is -1.72. The fourth-order valence-corrected chi connectivity index (χ4v) is 8.69. The van der Waals surface area contributed by atoms with E-state index in [-0.39, 0.29) is 54.1 Å². The number of carbonyl (C=O) groups is 4. The summed E-state index contributed by atoms with van der Waals surface area (Å²) in [5.41, 5.74) is 2.40. The molecule has 0 spiro atoms. The van der Waals surface area contributed by atoms with E-state index in [0.717, 1.165) is 45.4 Å². The van der Waals surface area contributed by atoms with Gasteiger partial charge in [0.15, 0.2) is 0 Å². The Balaban J connectivity index is 0.000000214. The lowest BCUT2D eigenvalue weighted by Gasteiger charge is -2.22. The number of rotatable bonds is 12. The van der Waals surface area contributed by atoms with Gasteiger partial charge in [0, 0.05) is 24.8 Å². The van der Waals surface area contributed by atoms with Crippen LogP contribution in [0.25, 0.3) is 0 Å². The Hall–Kier alpha value is -5.76. The minimum atomic E-state index is -3.96. The quantitative estimate of drug-likeness (QED) is 0.124. The van der Waals surface area contributed by atoms with Gasteiger partial charge in [0.1, 0.15) is 24.6 Å². The molecule has 0 radical (unpaired) electrons. The minimum Gasteiger partial charge on any atom is -0.506 e. The number of urea groups is 2. The third-order valence-electron chi connectivity index (χ3n) is 9.08. The number of carbonyl (C=O) groups excluding carboxylic acids is 4.